The average molecular weight is 447 g/mol. The number of anilines is 1. The molecule has 0 aliphatic carbocycles. The fourth-order valence-corrected chi connectivity index (χ4v) is 2.38. The Balaban J connectivity index is 2.12. The zero-order valence-corrected chi connectivity index (χ0v) is 14.6. The first-order valence-corrected chi connectivity index (χ1v) is 7.74. The summed E-state index contributed by atoms with van der Waals surface area (Å²) in [6.07, 6.45) is -0.911. The third-order valence-electron chi connectivity index (χ3n) is 3.02. The summed E-state index contributed by atoms with van der Waals surface area (Å²) in [6.45, 7) is -0.0117. The van der Waals surface area contributed by atoms with Gasteiger partial charge in [0, 0.05) is 15.2 Å². The number of amides is 1. The van der Waals surface area contributed by atoms with Gasteiger partial charge in [-0.05, 0) is 34.7 Å². The minimum absolute atomic E-state index is 0.0117. The van der Waals surface area contributed by atoms with Gasteiger partial charge in [0.1, 0.15) is 6.61 Å². The van der Waals surface area contributed by atoms with Crippen molar-refractivity contribution in [2.45, 2.75) is 6.61 Å². The van der Waals surface area contributed by atoms with Crippen LogP contribution in [-0.2, 0) is 16.1 Å². The molecule has 0 aliphatic rings. The summed E-state index contributed by atoms with van der Waals surface area (Å²) in [5.74, 6) is -3.36. The second kappa shape index (κ2) is 8.04. The van der Waals surface area contributed by atoms with E-state index < -0.39 is 23.7 Å². The molecule has 2 aromatic rings. The molecule has 0 unspecified atom stereocenters. The van der Waals surface area contributed by atoms with Gasteiger partial charge in [-0.3, -0.25) is 5.32 Å². The van der Waals surface area contributed by atoms with Gasteiger partial charge in [-0.25, -0.2) is 18.4 Å². The summed E-state index contributed by atoms with van der Waals surface area (Å²) >= 11 is 2.09. The molecule has 0 bridgehead atoms. The standard InChI is InChI=1S/C16H12F2INO4/c1-23-15(21)10-6-11(17)12(18)7-14(10)20-16(22)24-8-9-4-2-3-5-13(9)19/h2-7H,8H2,1H3,(H,20,22). The van der Waals surface area contributed by atoms with Gasteiger partial charge in [0.25, 0.3) is 0 Å². The van der Waals surface area contributed by atoms with Crippen LogP contribution in [-0.4, -0.2) is 19.2 Å². The van der Waals surface area contributed by atoms with Crippen molar-refractivity contribution in [3.8, 4) is 0 Å². The molecule has 0 saturated heterocycles. The largest absolute Gasteiger partial charge is 0.465 e. The molecule has 0 spiro atoms. The fourth-order valence-electron chi connectivity index (χ4n) is 1.83. The van der Waals surface area contributed by atoms with Crippen LogP contribution in [0.25, 0.3) is 0 Å². The van der Waals surface area contributed by atoms with E-state index in [9.17, 15) is 18.4 Å². The molecule has 0 atom stereocenters. The molecule has 1 N–H and O–H groups in total. The van der Waals surface area contributed by atoms with Crippen LogP contribution in [0, 0.1) is 15.2 Å². The first kappa shape index (κ1) is 18.1. The Labute approximate surface area is 150 Å². The average Bonchev–Trinajstić information content (AvgIpc) is 2.56. The zero-order valence-electron chi connectivity index (χ0n) is 12.4. The van der Waals surface area contributed by atoms with Crippen LogP contribution in [0.2, 0.25) is 0 Å². The van der Waals surface area contributed by atoms with Crippen LogP contribution >= 0.6 is 22.6 Å². The molecule has 8 heteroatoms. The van der Waals surface area contributed by atoms with Crippen molar-refractivity contribution >= 4 is 40.3 Å². The first-order valence-electron chi connectivity index (χ1n) is 6.67. The van der Waals surface area contributed by atoms with Crippen molar-refractivity contribution in [3.63, 3.8) is 0 Å². The lowest BCUT2D eigenvalue weighted by Crippen LogP contribution is -2.17. The molecule has 0 radical (unpaired) electrons. The zero-order chi connectivity index (χ0) is 17.7. The smallest absolute Gasteiger partial charge is 0.411 e. The van der Waals surface area contributed by atoms with E-state index in [-0.39, 0.29) is 17.9 Å². The van der Waals surface area contributed by atoms with Crippen molar-refractivity contribution in [2.24, 2.45) is 0 Å². The van der Waals surface area contributed by atoms with Gasteiger partial charge in [0.15, 0.2) is 11.6 Å². The van der Waals surface area contributed by atoms with E-state index in [1.54, 1.807) is 12.1 Å². The number of benzene rings is 2. The summed E-state index contributed by atoms with van der Waals surface area (Å²) in [4.78, 5) is 23.5. The molecule has 0 aliphatic heterocycles. The van der Waals surface area contributed by atoms with E-state index in [0.717, 1.165) is 16.2 Å². The van der Waals surface area contributed by atoms with Crippen LogP contribution in [0.4, 0.5) is 19.3 Å². The van der Waals surface area contributed by atoms with Crippen molar-refractivity contribution in [1.82, 2.24) is 0 Å². The number of carbonyl (C=O) groups excluding carboxylic acids is 2. The van der Waals surface area contributed by atoms with E-state index in [1.807, 2.05) is 12.1 Å². The lowest BCUT2D eigenvalue weighted by atomic mass is 10.1. The highest BCUT2D eigenvalue weighted by atomic mass is 127. The minimum Gasteiger partial charge on any atom is -0.465 e. The van der Waals surface area contributed by atoms with Crippen molar-refractivity contribution < 1.29 is 27.8 Å². The maximum absolute atomic E-state index is 13.4. The van der Waals surface area contributed by atoms with Crippen LogP contribution in [0.3, 0.4) is 0 Å². The van der Waals surface area contributed by atoms with Gasteiger partial charge in [0.05, 0.1) is 18.4 Å². The number of hydrogen-bond donors (Lipinski definition) is 1. The number of rotatable bonds is 4. The number of esters is 1. The number of ether oxygens (including phenoxy) is 2. The summed E-state index contributed by atoms with van der Waals surface area (Å²) in [5.41, 5.74) is 0.225. The van der Waals surface area contributed by atoms with E-state index in [2.05, 4.69) is 32.6 Å². The predicted molar refractivity (Wildman–Crippen MR) is 90.7 cm³/mol. The van der Waals surface area contributed by atoms with Gasteiger partial charge in [-0.1, -0.05) is 18.2 Å². The SMILES string of the molecule is COC(=O)c1cc(F)c(F)cc1NC(=O)OCc1ccccc1I. The topological polar surface area (TPSA) is 64.6 Å². The van der Waals surface area contributed by atoms with E-state index >= 15 is 0 Å². The number of halogens is 3. The monoisotopic (exact) mass is 447 g/mol. The molecule has 0 fully saturated rings. The first-order chi connectivity index (χ1) is 11.4. The van der Waals surface area contributed by atoms with Gasteiger partial charge in [-0.15, -0.1) is 0 Å². The molecule has 2 aromatic carbocycles. The Morgan fingerprint density at radius 3 is 2.50 bits per heavy atom. The summed E-state index contributed by atoms with van der Waals surface area (Å²) in [7, 11) is 1.09. The summed E-state index contributed by atoms with van der Waals surface area (Å²) < 4.78 is 37.1. The summed E-state index contributed by atoms with van der Waals surface area (Å²) in [5, 5.41) is 2.21. The maximum atomic E-state index is 13.4. The van der Waals surface area contributed by atoms with Gasteiger partial charge in [0.2, 0.25) is 0 Å². The van der Waals surface area contributed by atoms with Crippen molar-refractivity contribution in [3.05, 3.63) is 62.7 Å². The molecule has 0 aromatic heterocycles. The Morgan fingerprint density at radius 2 is 1.83 bits per heavy atom. The van der Waals surface area contributed by atoms with Crippen molar-refractivity contribution in [2.75, 3.05) is 12.4 Å². The van der Waals surface area contributed by atoms with Crippen molar-refractivity contribution in [1.29, 1.82) is 0 Å². The molecular formula is C16H12F2INO4. The Kier molecular flexibility index (Phi) is 6.07. The molecule has 24 heavy (non-hydrogen) atoms. The maximum Gasteiger partial charge on any atom is 0.411 e. The number of carbonyl (C=O) groups is 2. The second-order valence-electron chi connectivity index (χ2n) is 4.60. The highest BCUT2D eigenvalue weighted by Crippen LogP contribution is 2.21. The lowest BCUT2D eigenvalue weighted by Gasteiger charge is -2.11. The quantitative estimate of drug-likeness (QED) is 0.567. The van der Waals surface area contributed by atoms with Crippen LogP contribution in [0.15, 0.2) is 36.4 Å². The minimum atomic E-state index is -1.23. The number of hydrogen-bond acceptors (Lipinski definition) is 4. The molecule has 126 valence electrons. The van der Waals surface area contributed by atoms with Crippen LogP contribution in [0.5, 0.6) is 0 Å². The molecule has 0 saturated carbocycles. The molecule has 1 amide bonds. The molecule has 0 heterocycles. The van der Waals surface area contributed by atoms with Crippen LogP contribution in [0.1, 0.15) is 15.9 Å². The normalized spacial score (nSPS) is 10.2. The number of methoxy groups -OCH3 is 1. The Bertz CT molecular complexity index is 783. The number of nitrogens with one attached hydrogen (secondary N) is 1. The van der Waals surface area contributed by atoms with E-state index in [1.165, 1.54) is 0 Å². The molecule has 5 nitrogen and oxygen atoms in total. The Hall–Kier alpha value is -2.23. The third-order valence-corrected chi connectivity index (χ3v) is 4.07. The van der Waals surface area contributed by atoms with Gasteiger partial charge < -0.3 is 9.47 Å². The van der Waals surface area contributed by atoms with E-state index in [4.69, 9.17) is 4.74 Å². The predicted octanol–water partition coefficient (Wildman–Crippen LogP) is 4.10. The lowest BCUT2D eigenvalue weighted by molar-refractivity contribution is 0.0601. The molecule has 2 rings (SSSR count). The second-order valence-corrected chi connectivity index (χ2v) is 5.76. The highest BCUT2D eigenvalue weighted by Gasteiger charge is 2.19. The fraction of sp³-hybridized carbons (Fsp3) is 0.125. The molecular weight excluding hydrogens is 435 g/mol. The highest BCUT2D eigenvalue weighted by molar-refractivity contribution is 14.1. The van der Waals surface area contributed by atoms with Crippen LogP contribution < -0.4 is 5.32 Å². The van der Waals surface area contributed by atoms with E-state index in [0.29, 0.717) is 12.1 Å². The Morgan fingerprint density at radius 1 is 1.17 bits per heavy atom. The third kappa shape index (κ3) is 4.40. The summed E-state index contributed by atoms with van der Waals surface area (Å²) in [6, 6.07) is 8.61. The van der Waals surface area contributed by atoms with Gasteiger partial charge >= 0.3 is 12.1 Å². The van der Waals surface area contributed by atoms with Gasteiger partial charge in [-0.2, -0.15) is 0 Å².